The van der Waals surface area contributed by atoms with Crippen molar-refractivity contribution < 1.29 is 24.8 Å². The maximum Gasteiger partial charge on any atom is 0.176 e. The predicted molar refractivity (Wildman–Crippen MR) is 78.7 cm³/mol. The average Bonchev–Trinajstić information content (AvgIpc) is 2.69. The van der Waals surface area contributed by atoms with Crippen molar-refractivity contribution in [3.05, 3.63) is 0 Å². The number of rotatable bonds is 4. The van der Waals surface area contributed by atoms with Gasteiger partial charge in [-0.25, -0.2) is 0 Å². The average molecular weight is 320 g/mol. The second-order valence-corrected chi connectivity index (χ2v) is 6.03. The Morgan fingerprint density at radius 3 is 2.59 bits per heavy atom. The van der Waals surface area contributed by atoms with E-state index < -0.39 is 30.6 Å². The van der Waals surface area contributed by atoms with Crippen LogP contribution in [0.4, 0.5) is 0 Å². The van der Waals surface area contributed by atoms with Crippen molar-refractivity contribution in [3.8, 4) is 0 Å². The molecule has 0 aromatic heterocycles. The van der Waals surface area contributed by atoms with Crippen LogP contribution in [-0.2, 0) is 9.47 Å². The molecule has 0 aromatic carbocycles. The minimum atomic E-state index is -1.18. The minimum Gasteiger partial charge on any atom is -0.395 e. The molecule has 2 fully saturated rings. The number of aliphatic hydroxyl groups excluding tert-OH is 3. The first kappa shape index (κ1) is 18.0. The van der Waals surface area contributed by atoms with E-state index in [2.05, 4.69) is 5.32 Å². The Kier molecular flexibility index (Phi) is 6.50. The molecule has 2 heterocycles. The predicted octanol–water partition coefficient (Wildman–Crippen LogP) is -3.82. The Balaban J connectivity index is 2.03. The zero-order valence-corrected chi connectivity index (χ0v) is 12.5. The maximum atomic E-state index is 9.99. The molecule has 2 aliphatic heterocycles. The van der Waals surface area contributed by atoms with Gasteiger partial charge in [0.15, 0.2) is 6.29 Å². The molecule has 0 unspecified atom stereocenters. The van der Waals surface area contributed by atoms with E-state index in [1.165, 1.54) is 0 Å². The molecular weight excluding hydrogens is 292 g/mol. The van der Waals surface area contributed by atoms with Gasteiger partial charge in [-0.15, -0.1) is 0 Å². The van der Waals surface area contributed by atoms with Crippen LogP contribution < -0.4 is 22.5 Å². The topological polar surface area (TPSA) is 169 Å². The Labute approximate surface area is 129 Å². The molecule has 9 nitrogen and oxygen atoms in total. The van der Waals surface area contributed by atoms with Gasteiger partial charge in [-0.3, -0.25) is 0 Å². The summed E-state index contributed by atoms with van der Waals surface area (Å²) in [6.45, 7) is 0.718. The largest absolute Gasteiger partial charge is 0.395 e. The van der Waals surface area contributed by atoms with E-state index in [1.807, 2.05) is 0 Å². The van der Waals surface area contributed by atoms with Crippen LogP contribution in [0.3, 0.4) is 0 Å². The summed E-state index contributed by atoms with van der Waals surface area (Å²) in [5.41, 5.74) is 17.5. The van der Waals surface area contributed by atoms with Crippen molar-refractivity contribution in [3.63, 3.8) is 0 Å². The fraction of sp³-hybridized carbons (Fsp3) is 1.00. The van der Waals surface area contributed by atoms with Gasteiger partial charge in [0.25, 0.3) is 0 Å². The number of aliphatic hydroxyl groups is 3. The molecule has 0 spiro atoms. The molecule has 8 atom stereocenters. The number of nitrogens with two attached hydrogens (primary N) is 3. The lowest BCUT2D eigenvalue weighted by atomic mass is 9.97. The first-order valence-electron chi connectivity index (χ1n) is 7.70. The molecule has 2 aliphatic rings. The monoisotopic (exact) mass is 320 g/mol. The molecule has 0 saturated carbocycles. The highest BCUT2D eigenvalue weighted by Gasteiger charge is 2.44. The van der Waals surface area contributed by atoms with Crippen molar-refractivity contribution in [2.45, 2.75) is 61.7 Å². The van der Waals surface area contributed by atoms with E-state index in [9.17, 15) is 15.3 Å². The molecule has 9 heteroatoms. The Bertz CT molecular complexity index is 348. The zero-order chi connectivity index (χ0) is 16.3. The SMILES string of the molecule is NC[C@H]1O[C@H](O[C@@H]2C[C@@H](CO)NCC[C@H]2N)[C@H](N)[C@@H](O)[C@@H]1O. The van der Waals surface area contributed by atoms with E-state index in [0.29, 0.717) is 19.4 Å². The lowest BCUT2D eigenvalue weighted by molar-refractivity contribution is -0.272. The van der Waals surface area contributed by atoms with Crippen LogP contribution in [0.5, 0.6) is 0 Å². The molecule has 0 radical (unpaired) electrons. The summed E-state index contributed by atoms with van der Waals surface area (Å²) in [5, 5.41) is 32.4. The fourth-order valence-electron chi connectivity index (χ4n) is 2.92. The lowest BCUT2D eigenvalue weighted by Gasteiger charge is -2.42. The van der Waals surface area contributed by atoms with E-state index in [1.54, 1.807) is 0 Å². The second-order valence-electron chi connectivity index (χ2n) is 6.03. The summed E-state index contributed by atoms with van der Waals surface area (Å²) >= 11 is 0. The van der Waals surface area contributed by atoms with Gasteiger partial charge in [-0.05, 0) is 19.4 Å². The van der Waals surface area contributed by atoms with Crippen LogP contribution in [0, 0.1) is 0 Å². The van der Waals surface area contributed by atoms with Crippen molar-refractivity contribution in [2.75, 3.05) is 19.7 Å². The molecule has 2 rings (SSSR count). The Morgan fingerprint density at radius 2 is 1.95 bits per heavy atom. The standard InChI is InChI=1S/C13H28N4O5/c14-4-9-11(19)12(20)10(16)13(22-9)21-8-3-6(5-18)17-2-1-7(8)15/h6-13,17-20H,1-5,14-16H2/t6-,7+,8+,9+,10+,11+,12+,13-/m0/s1. The van der Waals surface area contributed by atoms with Gasteiger partial charge in [0, 0.05) is 18.6 Å². The maximum absolute atomic E-state index is 9.99. The Morgan fingerprint density at radius 1 is 1.23 bits per heavy atom. The molecule has 0 aliphatic carbocycles. The molecule has 22 heavy (non-hydrogen) atoms. The van der Waals surface area contributed by atoms with Crippen molar-refractivity contribution in [2.24, 2.45) is 17.2 Å². The van der Waals surface area contributed by atoms with E-state index in [0.717, 1.165) is 0 Å². The normalized spacial score (nSPS) is 47.2. The molecule has 0 bridgehead atoms. The van der Waals surface area contributed by atoms with Crippen LogP contribution in [-0.4, -0.2) is 83.8 Å². The van der Waals surface area contributed by atoms with Crippen LogP contribution in [0.15, 0.2) is 0 Å². The molecule has 130 valence electrons. The molecule has 2 saturated heterocycles. The highest BCUT2D eigenvalue weighted by Crippen LogP contribution is 2.24. The van der Waals surface area contributed by atoms with Gasteiger partial charge in [0.05, 0.1) is 18.8 Å². The van der Waals surface area contributed by atoms with Crippen molar-refractivity contribution in [1.82, 2.24) is 5.32 Å². The van der Waals surface area contributed by atoms with Gasteiger partial charge in [-0.1, -0.05) is 0 Å². The highest BCUT2D eigenvalue weighted by atomic mass is 16.7. The fourth-order valence-corrected chi connectivity index (χ4v) is 2.92. The van der Waals surface area contributed by atoms with Crippen LogP contribution in [0.25, 0.3) is 0 Å². The smallest absolute Gasteiger partial charge is 0.176 e. The summed E-state index contributed by atoms with van der Waals surface area (Å²) in [5.74, 6) is 0. The summed E-state index contributed by atoms with van der Waals surface area (Å²) in [7, 11) is 0. The van der Waals surface area contributed by atoms with Gasteiger partial charge >= 0.3 is 0 Å². The molecule has 0 amide bonds. The van der Waals surface area contributed by atoms with Gasteiger partial charge in [0.1, 0.15) is 18.3 Å². The summed E-state index contributed by atoms with van der Waals surface area (Å²) in [6.07, 6.45) is -3.14. The van der Waals surface area contributed by atoms with E-state index in [-0.39, 0.29) is 31.3 Å². The summed E-state index contributed by atoms with van der Waals surface area (Å²) < 4.78 is 11.4. The van der Waals surface area contributed by atoms with Gasteiger partial charge < -0.3 is 47.3 Å². The van der Waals surface area contributed by atoms with Gasteiger partial charge in [0.2, 0.25) is 0 Å². The third-order valence-corrected chi connectivity index (χ3v) is 4.42. The minimum absolute atomic E-state index is 0.0169. The van der Waals surface area contributed by atoms with E-state index in [4.69, 9.17) is 26.7 Å². The quantitative estimate of drug-likeness (QED) is 0.274. The Hall–Kier alpha value is -0.360. The number of hydrogen-bond acceptors (Lipinski definition) is 9. The lowest BCUT2D eigenvalue weighted by Crippen LogP contribution is -2.64. The molecule has 0 aromatic rings. The molecule has 10 N–H and O–H groups in total. The van der Waals surface area contributed by atoms with Gasteiger partial charge in [-0.2, -0.15) is 0 Å². The summed E-state index contributed by atoms with van der Waals surface area (Å²) in [4.78, 5) is 0. The van der Waals surface area contributed by atoms with Crippen LogP contribution in [0.1, 0.15) is 12.8 Å². The first-order chi connectivity index (χ1) is 10.5. The number of hydrogen-bond donors (Lipinski definition) is 7. The third kappa shape index (κ3) is 3.94. The summed E-state index contributed by atoms with van der Waals surface area (Å²) in [6, 6.07) is -1.24. The third-order valence-electron chi connectivity index (χ3n) is 4.42. The number of ether oxygens (including phenoxy) is 2. The van der Waals surface area contributed by atoms with Crippen molar-refractivity contribution >= 4 is 0 Å². The molecular formula is C13H28N4O5. The van der Waals surface area contributed by atoms with E-state index >= 15 is 0 Å². The van der Waals surface area contributed by atoms with Crippen LogP contribution >= 0.6 is 0 Å². The number of nitrogens with one attached hydrogen (secondary N) is 1. The highest BCUT2D eigenvalue weighted by molar-refractivity contribution is 4.93. The van der Waals surface area contributed by atoms with Crippen molar-refractivity contribution in [1.29, 1.82) is 0 Å². The second kappa shape index (κ2) is 7.95. The van der Waals surface area contributed by atoms with Crippen LogP contribution in [0.2, 0.25) is 0 Å². The zero-order valence-electron chi connectivity index (χ0n) is 12.5. The first-order valence-corrected chi connectivity index (χ1v) is 7.70.